The van der Waals surface area contributed by atoms with E-state index in [9.17, 15) is 0 Å². The van der Waals surface area contributed by atoms with Crippen molar-refractivity contribution in [1.29, 1.82) is 5.26 Å². The SMILES string of the molecule is N#Cc1ccc(Cn2cncc2CCN(Cc2ccccc2Cl)C(=S)Nc2ccc(Cl)cc2)cc1. The Labute approximate surface area is 220 Å². The summed E-state index contributed by atoms with van der Waals surface area (Å²) in [5.41, 5.74) is 4.72. The maximum atomic E-state index is 9.02. The normalized spacial score (nSPS) is 10.5. The summed E-state index contributed by atoms with van der Waals surface area (Å²) in [7, 11) is 0. The predicted octanol–water partition coefficient (Wildman–Crippen LogP) is 6.55. The Kier molecular flexibility index (Phi) is 8.38. The molecule has 4 aromatic rings. The summed E-state index contributed by atoms with van der Waals surface area (Å²) < 4.78 is 2.12. The van der Waals surface area contributed by atoms with E-state index < -0.39 is 0 Å². The van der Waals surface area contributed by atoms with Gasteiger partial charge in [-0.15, -0.1) is 0 Å². The Morgan fingerprint density at radius 3 is 2.49 bits per heavy atom. The zero-order valence-electron chi connectivity index (χ0n) is 18.9. The number of nitrogens with one attached hydrogen (secondary N) is 1. The highest BCUT2D eigenvalue weighted by atomic mass is 35.5. The summed E-state index contributed by atoms with van der Waals surface area (Å²) in [6.07, 6.45) is 4.45. The molecule has 3 aromatic carbocycles. The highest BCUT2D eigenvalue weighted by Crippen LogP contribution is 2.20. The molecule has 0 aliphatic carbocycles. The van der Waals surface area contributed by atoms with Gasteiger partial charge < -0.3 is 14.8 Å². The first-order valence-corrected chi connectivity index (χ1v) is 12.2. The molecular formula is C27H23Cl2N5S. The molecule has 0 atom stereocenters. The Hall–Kier alpha value is -3.37. The summed E-state index contributed by atoms with van der Waals surface area (Å²) in [5.74, 6) is 0. The molecule has 0 aliphatic rings. The van der Waals surface area contributed by atoms with Gasteiger partial charge in [-0.05, 0) is 65.8 Å². The number of thiocarbonyl (C=S) groups is 1. The van der Waals surface area contributed by atoms with Crippen LogP contribution in [0.15, 0.2) is 85.3 Å². The van der Waals surface area contributed by atoms with Crippen molar-refractivity contribution < 1.29 is 0 Å². The average Bonchev–Trinajstić information content (AvgIpc) is 3.31. The summed E-state index contributed by atoms with van der Waals surface area (Å²) >= 11 is 18.2. The molecule has 0 spiro atoms. The maximum absolute atomic E-state index is 9.02. The van der Waals surface area contributed by atoms with Crippen LogP contribution in [0.4, 0.5) is 5.69 Å². The van der Waals surface area contributed by atoms with Crippen molar-refractivity contribution in [1.82, 2.24) is 14.5 Å². The molecular weight excluding hydrogens is 497 g/mol. The van der Waals surface area contributed by atoms with Gasteiger partial charge in [-0.25, -0.2) is 4.98 Å². The number of nitrogens with zero attached hydrogens (tertiary/aromatic N) is 4. The van der Waals surface area contributed by atoms with E-state index in [4.69, 9.17) is 40.7 Å². The number of benzene rings is 3. The molecule has 1 aromatic heterocycles. The van der Waals surface area contributed by atoms with Crippen molar-refractivity contribution in [2.75, 3.05) is 11.9 Å². The summed E-state index contributed by atoms with van der Waals surface area (Å²) in [4.78, 5) is 6.46. The monoisotopic (exact) mass is 519 g/mol. The molecule has 35 heavy (non-hydrogen) atoms. The molecule has 1 heterocycles. The lowest BCUT2D eigenvalue weighted by atomic mass is 10.1. The number of hydrogen-bond acceptors (Lipinski definition) is 3. The van der Waals surface area contributed by atoms with E-state index in [1.54, 1.807) is 0 Å². The van der Waals surface area contributed by atoms with Crippen LogP contribution < -0.4 is 5.32 Å². The number of hydrogen-bond donors (Lipinski definition) is 1. The topological polar surface area (TPSA) is 56.9 Å². The zero-order valence-corrected chi connectivity index (χ0v) is 21.2. The molecule has 176 valence electrons. The minimum atomic E-state index is 0.572. The minimum absolute atomic E-state index is 0.572. The third-order valence-corrected chi connectivity index (χ3v) is 6.56. The Bertz CT molecular complexity index is 1330. The van der Waals surface area contributed by atoms with Gasteiger partial charge in [0, 0.05) is 53.7 Å². The fourth-order valence-electron chi connectivity index (χ4n) is 3.65. The number of rotatable bonds is 8. The van der Waals surface area contributed by atoms with Crippen molar-refractivity contribution in [2.24, 2.45) is 0 Å². The maximum Gasteiger partial charge on any atom is 0.173 e. The third-order valence-electron chi connectivity index (χ3n) is 5.57. The quantitative estimate of drug-likeness (QED) is 0.267. The van der Waals surface area contributed by atoms with E-state index in [2.05, 4.69) is 25.8 Å². The van der Waals surface area contributed by atoms with Crippen molar-refractivity contribution in [3.05, 3.63) is 118 Å². The van der Waals surface area contributed by atoms with Gasteiger partial charge in [-0.3, -0.25) is 0 Å². The second-order valence-electron chi connectivity index (χ2n) is 8.02. The Morgan fingerprint density at radius 1 is 1.03 bits per heavy atom. The van der Waals surface area contributed by atoms with Crippen molar-refractivity contribution in [2.45, 2.75) is 19.5 Å². The molecule has 0 saturated carbocycles. The third kappa shape index (κ3) is 6.83. The molecule has 0 unspecified atom stereocenters. The second kappa shape index (κ2) is 11.9. The highest BCUT2D eigenvalue weighted by Gasteiger charge is 2.14. The van der Waals surface area contributed by atoms with Gasteiger partial charge in [0.2, 0.25) is 0 Å². The van der Waals surface area contributed by atoms with Gasteiger partial charge in [-0.2, -0.15) is 5.26 Å². The molecule has 1 N–H and O–H groups in total. The first kappa shape index (κ1) is 24.7. The van der Waals surface area contributed by atoms with Gasteiger partial charge in [0.05, 0.1) is 18.0 Å². The van der Waals surface area contributed by atoms with E-state index in [1.165, 1.54) is 0 Å². The van der Waals surface area contributed by atoms with Crippen LogP contribution in [-0.4, -0.2) is 26.1 Å². The Morgan fingerprint density at radius 2 is 1.77 bits per heavy atom. The van der Waals surface area contributed by atoms with Crippen LogP contribution in [0.2, 0.25) is 10.0 Å². The smallest absolute Gasteiger partial charge is 0.173 e. The van der Waals surface area contributed by atoms with E-state index in [0.29, 0.717) is 40.4 Å². The molecule has 4 rings (SSSR count). The molecule has 0 fully saturated rings. The molecule has 0 radical (unpaired) electrons. The first-order chi connectivity index (χ1) is 17.0. The fourth-order valence-corrected chi connectivity index (χ4v) is 4.25. The van der Waals surface area contributed by atoms with Gasteiger partial charge in [0.15, 0.2) is 5.11 Å². The summed E-state index contributed by atoms with van der Waals surface area (Å²) in [5, 5.41) is 14.3. The molecule has 0 bridgehead atoms. The van der Waals surface area contributed by atoms with Gasteiger partial charge in [0.25, 0.3) is 0 Å². The average molecular weight is 520 g/mol. The van der Waals surface area contributed by atoms with Crippen LogP contribution in [0.1, 0.15) is 22.4 Å². The Balaban J connectivity index is 1.48. The van der Waals surface area contributed by atoms with Gasteiger partial charge in [0.1, 0.15) is 0 Å². The van der Waals surface area contributed by atoms with E-state index in [0.717, 1.165) is 28.9 Å². The minimum Gasteiger partial charge on any atom is -0.344 e. The number of anilines is 1. The van der Waals surface area contributed by atoms with Crippen molar-refractivity contribution >= 4 is 46.2 Å². The van der Waals surface area contributed by atoms with Crippen LogP contribution in [-0.2, 0) is 19.5 Å². The van der Waals surface area contributed by atoms with Crippen LogP contribution in [0, 0.1) is 11.3 Å². The summed E-state index contributed by atoms with van der Waals surface area (Å²) in [6.45, 7) is 1.92. The standard InChI is InChI=1S/C27H23Cl2N5S/c28-23-9-11-24(12-10-23)32-27(35)33(18-22-3-1-2-4-26(22)29)14-13-25-16-31-19-34(25)17-21-7-5-20(15-30)6-8-21/h1-12,16,19H,13-14,17-18H2,(H,32,35). The number of nitriles is 1. The van der Waals surface area contributed by atoms with Crippen LogP contribution in [0.25, 0.3) is 0 Å². The lowest BCUT2D eigenvalue weighted by Crippen LogP contribution is -2.36. The zero-order chi connectivity index (χ0) is 24.6. The lowest BCUT2D eigenvalue weighted by molar-refractivity contribution is 0.418. The molecule has 0 amide bonds. The van der Waals surface area contributed by atoms with Crippen molar-refractivity contribution in [3.8, 4) is 6.07 Å². The molecule has 8 heteroatoms. The molecule has 0 aliphatic heterocycles. The largest absolute Gasteiger partial charge is 0.344 e. The first-order valence-electron chi connectivity index (χ1n) is 11.0. The van der Waals surface area contributed by atoms with Crippen LogP contribution in [0.5, 0.6) is 0 Å². The van der Waals surface area contributed by atoms with Crippen LogP contribution in [0.3, 0.4) is 0 Å². The highest BCUT2D eigenvalue weighted by molar-refractivity contribution is 7.80. The van der Waals surface area contributed by atoms with Crippen molar-refractivity contribution in [3.63, 3.8) is 0 Å². The van der Waals surface area contributed by atoms with E-state index in [1.807, 2.05) is 85.3 Å². The molecule has 5 nitrogen and oxygen atoms in total. The number of aromatic nitrogens is 2. The second-order valence-corrected chi connectivity index (χ2v) is 9.25. The van der Waals surface area contributed by atoms with Gasteiger partial charge >= 0.3 is 0 Å². The predicted molar refractivity (Wildman–Crippen MR) is 146 cm³/mol. The summed E-state index contributed by atoms with van der Waals surface area (Å²) in [6, 6.07) is 25.0. The number of halogens is 2. The van der Waals surface area contributed by atoms with E-state index >= 15 is 0 Å². The molecule has 0 saturated heterocycles. The fraction of sp³-hybridized carbons (Fsp3) is 0.148. The lowest BCUT2D eigenvalue weighted by Gasteiger charge is -2.27. The van der Waals surface area contributed by atoms with Gasteiger partial charge in [-0.1, -0.05) is 53.5 Å². The van der Waals surface area contributed by atoms with Crippen LogP contribution >= 0.6 is 35.4 Å². The number of imidazole rings is 1. The van der Waals surface area contributed by atoms with E-state index in [-0.39, 0.29) is 0 Å².